The maximum Gasteiger partial charge on any atom is 0.115 e. The third-order valence-corrected chi connectivity index (χ3v) is 2.49. The van der Waals surface area contributed by atoms with Gasteiger partial charge < -0.3 is 5.32 Å². The quantitative estimate of drug-likeness (QED) is 0.824. The molecule has 0 aliphatic rings. The summed E-state index contributed by atoms with van der Waals surface area (Å²) in [6.07, 6.45) is 5.69. The molecule has 0 saturated heterocycles. The summed E-state index contributed by atoms with van der Waals surface area (Å²) in [5, 5.41) is 3.30. The molecule has 0 bridgehead atoms. The third-order valence-electron chi connectivity index (χ3n) is 2.49. The molecular weight excluding hydrogens is 186 g/mol. The SMILES string of the molecule is CNC(CCC(C)(C)C)c1ccncn1. The van der Waals surface area contributed by atoms with Crippen LogP contribution in [-0.4, -0.2) is 17.0 Å². The van der Waals surface area contributed by atoms with E-state index in [-0.39, 0.29) is 0 Å². The van der Waals surface area contributed by atoms with Crippen molar-refractivity contribution in [2.75, 3.05) is 7.05 Å². The molecule has 0 aliphatic carbocycles. The van der Waals surface area contributed by atoms with Crippen molar-refractivity contribution in [2.24, 2.45) is 5.41 Å². The van der Waals surface area contributed by atoms with Gasteiger partial charge in [-0.25, -0.2) is 9.97 Å². The molecule has 0 aliphatic heterocycles. The van der Waals surface area contributed by atoms with Gasteiger partial charge in [0.05, 0.1) is 5.69 Å². The van der Waals surface area contributed by atoms with E-state index in [1.165, 1.54) is 6.42 Å². The zero-order chi connectivity index (χ0) is 11.3. The Labute approximate surface area is 92.3 Å². The average Bonchev–Trinajstić information content (AvgIpc) is 2.19. The molecule has 0 saturated carbocycles. The van der Waals surface area contributed by atoms with Crippen LogP contribution in [-0.2, 0) is 0 Å². The standard InChI is InChI=1S/C12H21N3/c1-12(2,3)7-5-10(13-4)11-6-8-14-9-15-11/h6,8-10,13H,5,7H2,1-4H3. The van der Waals surface area contributed by atoms with E-state index in [4.69, 9.17) is 0 Å². The molecule has 84 valence electrons. The van der Waals surface area contributed by atoms with Gasteiger partial charge in [0.2, 0.25) is 0 Å². The van der Waals surface area contributed by atoms with Gasteiger partial charge in [0.25, 0.3) is 0 Å². The van der Waals surface area contributed by atoms with Gasteiger partial charge in [-0.2, -0.15) is 0 Å². The second kappa shape index (κ2) is 5.21. The molecule has 3 heteroatoms. The van der Waals surface area contributed by atoms with Gasteiger partial charge in [-0.05, 0) is 31.4 Å². The fourth-order valence-electron chi connectivity index (χ4n) is 1.52. The minimum absolute atomic E-state index is 0.340. The summed E-state index contributed by atoms with van der Waals surface area (Å²) < 4.78 is 0. The van der Waals surface area contributed by atoms with Crippen LogP contribution in [0.3, 0.4) is 0 Å². The molecule has 1 aromatic heterocycles. The first-order chi connectivity index (χ1) is 7.03. The number of aromatic nitrogens is 2. The zero-order valence-electron chi connectivity index (χ0n) is 10.1. The van der Waals surface area contributed by atoms with Gasteiger partial charge in [-0.1, -0.05) is 20.8 Å². The van der Waals surface area contributed by atoms with Crippen molar-refractivity contribution in [1.82, 2.24) is 15.3 Å². The number of nitrogens with one attached hydrogen (secondary N) is 1. The minimum atomic E-state index is 0.340. The number of nitrogens with zero attached hydrogens (tertiary/aromatic N) is 2. The van der Waals surface area contributed by atoms with Crippen LogP contribution < -0.4 is 5.32 Å². The van der Waals surface area contributed by atoms with Gasteiger partial charge >= 0.3 is 0 Å². The molecule has 0 fully saturated rings. The highest BCUT2D eigenvalue weighted by Crippen LogP contribution is 2.26. The first kappa shape index (κ1) is 12.1. The Balaban J connectivity index is 2.58. The van der Waals surface area contributed by atoms with Crippen molar-refractivity contribution >= 4 is 0 Å². The largest absolute Gasteiger partial charge is 0.312 e. The summed E-state index contributed by atoms with van der Waals surface area (Å²) in [5.74, 6) is 0. The monoisotopic (exact) mass is 207 g/mol. The molecule has 1 aromatic rings. The lowest BCUT2D eigenvalue weighted by Gasteiger charge is -2.22. The van der Waals surface area contributed by atoms with Crippen LogP contribution in [0.4, 0.5) is 0 Å². The van der Waals surface area contributed by atoms with Crippen LogP contribution in [0, 0.1) is 5.41 Å². The van der Waals surface area contributed by atoms with Crippen molar-refractivity contribution in [2.45, 2.75) is 39.7 Å². The molecular formula is C12H21N3. The van der Waals surface area contributed by atoms with Crippen LogP contribution >= 0.6 is 0 Å². The summed E-state index contributed by atoms with van der Waals surface area (Å²) >= 11 is 0. The first-order valence-corrected chi connectivity index (χ1v) is 5.46. The lowest BCUT2D eigenvalue weighted by atomic mass is 9.88. The Morgan fingerprint density at radius 1 is 1.40 bits per heavy atom. The summed E-state index contributed by atoms with van der Waals surface area (Å²) in [6.45, 7) is 6.79. The van der Waals surface area contributed by atoms with Gasteiger partial charge in [0, 0.05) is 12.2 Å². The first-order valence-electron chi connectivity index (χ1n) is 5.46. The summed E-state index contributed by atoms with van der Waals surface area (Å²) in [6, 6.07) is 2.32. The fourth-order valence-corrected chi connectivity index (χ4v) is 1.52. The Bertz CT molecular complexity index is 277. The molecule has 1 heterocycles. The highest BCUT2D eigenvalue weighted by atomic mass is 14.9. The van der Waals surface area contributed by atoms with E-state index in [2.05, 4.69) is 36.1 Å². The van der Waals surface area contributed by atoms with Gasteiger partial charge in [0.15, 0.2) is 0 Å². The highest BCUT2D eigenvalue weighted by molar-refractivity contribution is 5.04. The summed E-state index contributed by atoms with van der Waals surface area (Å²) in [5.41, 5.74) is 1.46. The lowest BCUT2D eigenvalue weighted by Crippen LogP contribution is -2.20. The number of hydrogen-bond acceptors (Lipinski definition) is 3. The topological polar surface area (TPSA) is 37.8 Å². The fraction of sp³-hybridized carbons (Fsp3) is 0.667. The van der Waals surface area contributed by atoms with Crippen molar-refractivity contribution in [3.8, 4) is 0 Å². The van der Waals surface area contributed by atoms with Gasteiger partial charge in [-0.15, -0.1) is 0 Å². The van der Waals surface area contributed by atoms with Crippen LogP contribution in [0.5, 0.6) is 0 Å². The second-order valence-electron chi connectivity index (χ2n) is 5.07. The molecule has 15 heavy (non-hydrogen) atoms. The average molecular weight is 207 g/mol. The van der Waals surface area contributed by atoms with E-state index in [9.17, 15) is 0 Å². The van der Waals surface area contributed by atoms with E-state index < -0.39 is 0 Å². The third kappa shape index (κ3) is 4.38. The van der Waals surface area contributed by atoms with E-state index in [0.29, 0.717) is 11.5 Å². The van der Waals surface area contributed by atoms with E-state index in [0.717, 1.165) is 12.1 Å². The lowest BCUT2D eigenvalue weighted by molar-refractivity contribution is 0.336. The molecule has 1 atom stereocenters. The normalized spacial score (nSPS) is 13.9. The van der Waals surface area contributed by atoms with Crippen molar-refractivity contribution < 1.29 is 0 Å². The van der Waals surface area contributed by atoms with Crippen LogP contribution in [0.25, 0.3) is 0 Å². The predicted molar refractivity (Wildman–Crippen MR) is 62.5 cm³/mol. The van der Waals surface area contributed by atoms with E-state index in [1.54, 1.807) is 12.5 Å². The van der Waals surface area contributed by atoms with Crippen LogP contribution in [0.1, 0.15) is 45.3 Å². The van der Waals surface area contributed by atoms with Crippen LogP contribution in [0.2, 0.25) is 0 Å². The second-order valence-corrected chi connectivity index (χ2v) is 5.07. The number of rotatable bonds is 4. The van der Waals surface area contributed by atoms with Crippen LogP contribution in [0.15, 0.2) is 18.6 Å². The summed E-state index contributed by atoms with van der Waals surface area (Å²) in [4.78, 5) is 8.21. The smallest absolute Gasteiger partial charge is 0.115 e. The molecule has 0 amide bonds. The molecule has 0 radical (unpaired) electrons. The van der Waals surface area contributed by atoms with Crippen molar-refractivity contribution in [3.05, 3.63) is 24.3 Å². The van der Waals surface area contributed by atoms with Gasteiger partial charge in [-0.3, -0.25) is 0 Å². The molecule has 1 rings (SSSR count). The Kier molecular flexibility index (Phi) is 4.21. The minimum Gasteiger partial charge on any atom is -0.312 e. The Hall–Kier alpha value is -0.960. The Morgan fingerprint density at radius 3 is 2.60 bits per heavy atom. The molecule has 3 nitrogen and oxygen atoms in total. The molecule has 1 N–H and O–H groups in total. The van der Waals surface area contributed by atoms with E-state index in [1.807, 2.05) is 13.1 Å². The molecule has 0 spiro atoms. The van der Waals surface area contributed by atoms with Crippen molar-refractivity contribution in [1.29, 1.82) is 0 Å². The number of hydrogen-bond donors (Lipinski definition) is 1. The van der Waals surface area contributed by atoms with Crippen molar-refractivity contribution in [3.63, 3.8) is 0 Å². The van der Waals surface area contributed by atoms with E-state index >= 15 is 0 Å². The Morgan fingerprint density at radius 2 is 2.13 bits per heavy atom. The maximum absolute atomic E-state index is 4.28. The molecule has 0 aromatic carbocycles. The maximum atomic E-state index is 4.28. The summed E-state index contributed by atoms with van der Waals surface area (Å²) in [7, 11) is 1.98. The molecule has 1 unspecified atom stereocenters. The van der Waals surface area contributed by atoms with Gasteiger partial charge in [0.1, 0.15) is 6.33 Å². The highest BCUT2D eigenvalue weighted by Gasteiger charge is 2.16. The predicted octanol–water partition coefficient (Wildman–Crippen LogP) is 2.56. The zero-order valence-corrected chi connectivity index (χ0v) is 10.1.